The molecule has 2 rings (SSSR count). The SMILES string of the molecule is COCC(C)(C)n1c(C(C)Cl)nc2cc(OC)ccc21. The molecule has 0 aliphatic heterocycles. The van der Waals surface area contributed by atoms with E-state index in [0.29, 0.717) is 6.61 Å². The van der Waals surface area contributed by atoms with Crippen molar-refractivity contribution in [2.75, 3.05) is 20.8 Å². The van der Waals surface area contributed by atoms with Crippen molar-refractivity contribution in [2.45, 2.75) is 31.7 Å². The molecular weight excluding hydrogens is 276 g/mol. The summed E-state index contributed by atoms with van der Waals surface area (Å²) in [5, 5.41) is -0.176. The van der Waals surface area contributed by atoms with Crippen molar-refractivity contribution >= 4 is 22.6 Å². The van der Waals surface area contributed by atoms with Crippen LogP contribution in [0.3, 0.4) is 0 Å². The maximum absolute atomic E-state index is 6.30. The van der Waals surface area contributed by atoms with Crippen molar-refractivity contribution in [3.05, 3.63) is 24.0 Å². The van der Waals surface area contributed by atoms with Crippen molar-refractivity contribution in [1.29, 1.82) is 0 Å². The quantitative estimate of drug-likeness (QED) is 0.789. The molecule has 1 heterocycles. The van der Waals surface area contributed by atoms with E-state index in [0.717, 1.165) is 22.6 Å². The molecule has 0 saturated carbocycles. The first kappa shape index (κ1) is 15.1. The van der Waals surface area contributed by atoms with Crippen LogP contribution in [0.2, 0.25) is 0 Å². The molecule has 0 aliphatic rings. The molecule has 2 aromatic rings. The maximum atomic E-state index is 6.30. The van der Waals surface area contributed by atoms with Gasteiger partial charge in [-0.15, -0.1) is 11.6 Å². The molecule has 1 aromatic heterocycles. The molecule has 110 valence electrons. The van der Waals surface area contributed by atoms with Crippen LogP contribution in [0.25, 0.3) is 11.0 Å². The van der Waals surface area contributed by atoms with Crippen LogP contribution < -0.4 is 4.74 Å². The van der Waals surface area contributed by atoms with E-state index in [-0.39, 0.29) is 10.9 Å². The molecule has 1 aromatic carbocycles. The summed E-state index contributed by atoms with van der Waals surface area (Å²) in [5.41, 5.74) is 1.70. The lowest BCUT2D eigenvalue weighted by Crippen LogP contribution is -2.33. The van der Waals surface area contributed by atoms with Crippen LogP contribution in [0.5, 0.6) is 5.75 Å². The second kappa shape index (κ2) is 5.62. The lowest BCUT2D eigenvalue weighted by Gasteiger charge is -2.29. The number of ether oxygens (including phenoxy) is 2. The van der Waals surface area contributed by atoms with Gasteiger partial charge in [-0.2, -0.15) is 0 Å². The number of hydrogen-bond acceptors (Lipinski definition) is 3. The monoisotopic (exact) mass is 296 g/mol. The van der Waals surface area contributed by atoms with Crippen LogP contribution in [-0.2, 0) is 10.3 Å². The van der Waals surface area contributed by atoms with E-state index in [4.69, 9.17) is 21.1 Å². The number of aromatic nitrogens is 2. The average Bonchev–Trinajstić information content (AvgIpc) is 2.77. The molecule has 0 saturated heterocycles. The molecule has 0 radical (unpaired) electrons. The molecule has 0 amide bonds. The highest BCUT2D eigenvalue weighted by Gasteiger charge is 2.27. The van der Waals surface area contributed by atoms with Crippen molar-refractivity contribution < 1.29 is 9.47 Å². The van der Waals surface area contributed by atoms with Gasteiger partial charge < -0.3 is 14.0 Å². The van der Waals surface area contributed by atoms with Crippen molar-refractivity contribution in [3.8, 4) is 5.75 Å². The zero-order valence-electron chi connectivity index (χ0n) is 12.6. The third-order valence-corrected chi connectivity index (χ3v) is 3.54. The predicted octanol–water partition coefficient (Wildman–Crippen LogP) is 3.73. The van der Waals surface area contributed by atoms with Crippen LogP contribution in [0.15, 0.2) is 18.2 Å². The Morgan fingerprint density at radius 2 is 2.05 bits per heavy atom. The fraction of sp³-hybridized carbons (Fsp3) is 0.533. The van der Waals surface area contributed by atoms with Crippen molar-refractivity contribution in [1.82, 2.24) is 9.55 Å². The Morgan fingerprint density at radius 3 is 2.60 bits per heavy atom. The maximum Gasteiger partial charge on any atom is 0.128 e. The molecule has 5 heteroatoms. The summed E-state index contributed by atoms with van der Waals surface area (Å²) in [6.45, 7) is 6.75. The first-order valence-electron chi connectivity index (χ1n) is 6.60. The fourth-order valence-corrected chi connectivity index (χ4v) is 2.67. The van der Waals surface area contributed by atoms with E-state index in [1.165, 1.54) is 0 Å². The van der Waals surface area contributed by atoms with Crippen LogP contribution in [-0.4, -0.2) is 30.4 Å². The Bertz CT molecular complexity index is 605. The lowest BCUT2D eigenvalue weighted by molar-refractivity contribution is 0.110. The highest BCUT2D eigenvalue weighted by molar-refractivity contribution is 6.20. The smallest absolute Gasteiger partial charge is 0.128 e. The second-order valence-electron chi connectivity index (χ2n) is 5.52. The number of alkyl halides is 1. The molecule has 0 spiro atoms. The summed E-state index contributed by atoms with van der Waals surface area (Å²) < 4.78 is 12.8. The molecule has 1 unspecified atom stereocenters. The molecular formula is C15H21ClN2O2. The van der Waals surface area contributed by atoms with Crippen molar-refractivity contribution in [2.24, 2.45) is 0 Å². The second-order valence-corrected chi connectivity index (χ2v) is 6.18. The largest absolute Gasteiger partial charge is 0.497 e. The van der Waals surface area contributed by atoms with Gasteiger partial charge in [0.15, 0.2) is 0 Å². The minimum Gasteiger partial charge on any atom is -0.497 e. The van der Waals surface area contributed by atoms with Gasteiger partial charge in [0.25, 0.3) is 0 Å². The Morgan fingerprint density at radius 1 is 1.35 bits per heavy atom. The van der Waals surface area contributed by atoms with Crippen LogP contribution in [0, 0.1) is 0 Å². The first-order chi connectivity index (χ1) is 9.40. The highest BCUT2D eigenvalue weighted by atomic mass is 35.5. The van der Waals surface area contributed by atoms with Gasteiger partial charge in [0.05, 0.1) is 35.7 Å². The van der Waals surface area contributed by atoms with Gasteiger partial charge in [-0.3, -0.25) is 0 Å². The highest BCUT2D eigenvalue weighted by Crippen LogP contribution is 2.32. The Labute approximate surface area is 124 Å². The molecule has 0 fully saturated rings. The number of nitrogens with zero attached hydrogens (tertiary/aromatic N) is 2. The van der Waals surface area contributed by atoms with Gasteiger partial charge in [-0.25, -0.2) is 4.98 Å². The van der Waals surface area contributed by atoms with Gasteiger partial charge in [0.1, 0.15) is 11.6 Å². The van der Waals surface area contributed by atoms with Gasteiger partial charge >= 0.3 is 0 Å². The van der Waals surface area contributed by atoms with Gasteiger partial charge in [0, 0.05) is 13.2 Å². The third kappa shape index (κ3) is 2.63. The summed E-state index contributed by atoms with van der Waals surface area (Å²) in [7, 11) is 3.35. The van der Waals surface area contributed by atoms with Crippen molar-refractivity contribution in [3.63, 3.8) is 0 Å². The van der Waals surface area contributed by atoms with E-state index in [1.807, 2.05) is 25.1 Å². The fourth-order valence-electron chi connectivity index (χ4n) is 2.53. The van der Waals surface area contributed by atoms with Gasteiger partial charge in [0.2, 0.25) is 0 Å². The summed E-state index contributed by atoms with van der Waals surface area (Å²) in [4.78, 5) is 4.66. The number of benzene rings is 1. The minimum absolute atomic E-state index is 0.176. The number of imidazole rings is 1. The lowest BCUT2D eigenvalue weighted by atomic mass is 10.1. The average molecular weight is 297 g/mol. The summed E-state index contributed by atoms with van der Waals surface area (Å²) >= 11 is 6.30. The topological polar surface area (TPSA) is 36.3 Å². The predicted molar refractivity (Wildman–Crippen MR) is 81.8 cm³/mol. The van der Waals surface area contributed by atoms with Crippen LogP contribution in [0.1, 0.15) is 32.0 Å². The summed E-state index contributed by atoms with van der Waals surface area (Å²) in [5.74, 6) is 1.64. The number of rotatable bonds is 5. The van der Waals surface area contributed by atoms with Gasteiger partial charge in [-0.05, 0) is 32.9 Å². The number of hydrogen-bond donors (Lipinski definition) is 0. The van der Waals surface area contributed by atoms with Crippen LogP contribution in [0.4, 0.5) is 0 Å². The standard InChI is InChI=1S/C15H21ClN2O2/c1-10(16)14-17-12-8-11(20-5)6-7-13(12)18(14)15(2,3)9-19-4/h6-8,10H,9H2,1-5H3. The molecule has 0 N–H and O–H groups in total. The Balaban J connectivity index is 2.69. The number of halogens is 1. The van der Waals surface area contributed by atoms with E-state index >= 15 is 0 Å². The normalized spacial score (nSPS) is 13.7. The zero-order valence-corrected chi connectivity index (χ0v) is 13.4. The molecule has 4 nitrogen and oxygen atoms in total. The molecule has 1 atom stereocenters. The number of methoxy groups -OCH3 is 2. The Kier molecular flexibility index (Phi) is 4.25. The third-order valence-electron chi connectivity index (χ3n) is 3.35. The summed E-state index contributed by atoms with van der Waals surface area (Å²) in [6, 6.07) is 5.88. The van der Waals surface area contributed by atoms with E-state index in [1.54, 1.807) is 14.2 Å². The molecule has 0 aliphatic carbocycles. The van der Waals surface area contributed by atoms with E-state index in [9.17, 15) is 0 Å². The molecule has 0 bridgehead atoms. The summed E-state index contributed by atoms with van der Waals surface area (Å²) in [6.07, 6.45) is 0. The Hall–Kier alpha value is -1.26. The number of fused-ring (bicyclic) bond motifs is 1. The molecule has 20 heavy (non-hydrogen) atoms. The van der Waals surface area contributed by atoms with Crippen LogP contribution >= 0.6 is 11.6 Å². The van der Waals surface area contributed by atoms with E-state index in [2.05, 4.69) is 23.4 Å². The zero-order chi connectivity index (χ0) is 14.9. The van der Waals surface area contributed by atoms with E-state index < -0.39 is 0 Å². The minimum atomic E-state index is -0.226. The first-order valence-corrected chi connectivity index (χ1v) is 7.04. The van der Waals surface area contributed by atoms with Gasteiger partial charge in [-0.1, -0.05) is 0 Å².